The molecule has 0 unspecified atom stereocenters. The molecule has 10 heteroatoms. The molecule has 3 aromatic rings. The van der Waals surface area contributed by atoms with Gasteiger partial charge in [-0.1, -0.05) is 48.5 Å². The minimum Gasteiger partial charge on any atom is -0.487 e. The van der Waals surface area contributed by atoms with E-state index >= 15 is 0 Å². The number of amides is 1. The second-order valence-electron chi connectivity index (χ2n) is 12.3. The molecule has 0 fully saturated rings. The standard InChI is InChI=1S/C34H40N2O7S/c1-20-21(2)31(22(3)27-18-34(4,5)43-30(20)27)44(40,41)35-17-11-10-16-29(32(37)38)36-33(39)42-19-28-25-14-8-6-12-23(25)24-13-7-9-15-26(24)28/h6-9,12-15,28-29,35H,10-11,16-19H2,1-5H3,(H,36,39)(H,37,38)/t29-/m0/s1. The number of aliphatic carboxylic acids is 1. The summed E-state index contributed by atoms with van der Waals surface area (Å²) in [6, 6.07) is 14.8. The quantitative estimate of drug-likeness (QED) is 0.232. The monoisotopic (exact) mass is 620 g/mol. The van der Waals surface area contributed by atoms with Gasteiger partial charge in [-0.15, -0.1) is 0 Å². The maximum atomic E-state index is 13.4. The Morgan fingerprint density at radius 2 is 1.59 bits per heavy atom. The van der Waals surface area contributed by atoms with Gasteiger partial charge in [0, 0.05) is 24.4 Å². The van der Waals surface area contributed by atoms with Gasteiger partial charge in [0.15, 0.2) is 0 Å². The summed E-state index contributed by atoms with van der Waals surface area (Å²) >= 11 is 0. The average Bonchev–Trinajstić information content (AvgIpc) is 3.48. The van der Waals surface area contributed by atoms with Crippen molar-refractivity contribution < 1.29 is 32.6 Å². The average molecular weight is 621 g/mol. The maximum absolute atomic E-state index is 13.4. The van der Waals surface area contributed by atoms with Gasteiger partial charge >= 0.3 is 12.1 Å². The summed E-state index contributed by atoms with van der Waals surface area (Å²) in [5.74, 6) is -0.540. The number of nitrogens with one attached hydrogen (secondary N) is 2. The Bertz CT molecular complexity index is 1670. The number of carboxylic acids is 1. The fourth-order valence-electron chi connectivity index (χ4n) is 6.44. The molecule has 2 aliphatic rings. The number of carbonyl (C=O) groups is 2. The number of ether oxygens (including phenoxy) is 2. The van der Waals surface area contributed by atoms with E-state index in [9.17, 15) is 23.1 Å². The number of unbranched alkanes of at least 4 members (excludes halogenated alkanes) is 1. The van der Waals surface area contributed by atoms with Gasteiger partial charge in [0.25, 0.3) is 0 Å². The first-order valence-electron chi connectivity index (χ1n) is 15.0. The van der Waals surface area contributed by atoms with Crippen LogP contribution in [0.1, 0.15) is 72.4 Å². The molecule has 3 N–H and O–H groups in total. The van der Waals surface area contributed by atoms with Gasteiger partial charge in [-0.25, -0.2) is 22.7 Å². The molecule has 0 saturated heterocycles. The first-order chi connectivity index (χ1) is 20.8. The number of carboxylic acid groups (broad SMARTS) is 1. The van der Waals surface area contributed by atoms with Crippen LogP contribution < -0.4 is 14.8 Å². The molecule has 0 spiro atoms. The van der Waals surface area contributed by atoms with Crippen LogP contribution in [0.5, 0.6) is 5.75 Å². The van der Waals surface area contributed by atoms with Crippen LogP contribution in [-0.4, -0.2) is 50.4 Å². The highest BCUT2D eigenvalue weighted by molar-refractivity contribution is 7.89. The molecule has 1 aliphatic carbocycles. The van der Waals surface area contributed by atoms with Gasteiger partial charge in [-0.2, -0.15) is 0 Å². The third kappa shape index (κ3) is 6.19. The minimum absolute atomic E-state index is 0.0819. The zero-order chi connectivity index (χ0) is 31.8. The van der Waals surface area contributed by atoms with Crippen molar-refractivity contribution in [1.82, 2.24) is 10.0 Å². The number of hydrogen-bond acceptors (Lipinski definition) is 6. The maximum Gasteiger partial charge on any atom is 0.407 e. The smallest absolute Gasteiger partial charge is 0.407 e. The summed E-state index contributed by atoms with van der Waals surface area (Å²) in [4.78, 5) is 24.8. The number of carbonyl (C=O) groups excluding carboxylic acids is 1. The third-order valence-electron chi connectivity index (χ3n) is 8.71. The minimum atomic E-state index is -3.81. The van der Waals surface area contributed by atoms with Gasteiger partial charge in [-0.05, 0) is 92.8 Å². The number of rotatable bonds is 11. The number of alkyl carbamates (subject to hydrolysis) is 1. The zero-order valence-corrected chi connectivity index (χ0v) is 26.6. The van der Waals surface area contributed by atoms with Crippen LogP contribution in [0.4, 0.5) is 4.79 Å². The van der Waals surface area contributed by atoms with Gasteiger partial charge < -0.3 is 19.9 Å². The topological polar surface area (TPSA) is 131 Å². The lowest BCUT2D eigenvalue weighted by molar-refractivity contribution is -0.139. The van der Waals surface area contributed by atoms with Crippen LogP contribution in [0.15, 0.2) is 53.4 Å². The molecule has 0 saturated carbocycles. The molecule has 1 amide bonds. The van der Waals surface area contributed by atoms with Gasteiger partial charge in [0.1, 0.15) is 24.0 Å². The lowest BCUT2D eigenvalue weighted by atomic mass is 9.94. The van der Waals surface area contributed by atoms with E-state index < -0.39 is 33.7 Å². The van der Waals surface area contributed by atoms with Crippen LogP contribution in [0.2, 0.25) is 0 Å². The first-order valence-corrected chi connectivity index (χ1v) is 16.4. The number of hydrogen-bond donors (Lipinski definition) is 3. The molecule has 9 nitrogen and oxygen atoms in total. The van der Waals surface area contributed by atoms with Gasteiger partial charge in [0.05, 0.1) is 4.90 Å². The van der Waals surface area contributed by atoms with Crippen LogP contribution in [0, 0.1) is 20.8 Å². The molecule has 44 heavy (non-hydrogen) atoms. The van der Waals surface area contributed by atoms with Crippen molar-refractivity contribution >= 4 is 22.1 Å². The highest BCUT2D eigenvalue weighted by Gasteiger charge is 2.36. The van der Waals surface area contributed by atoms with Crippen molar-refractivity contribution in [1.29, 1.82) is 0 Å². The first kappa shape index (κ1) is 31.5. The lowest BCUT2D eigenvalue weighted by Gasteiger charge is -2.19. The summed E-state index contributed by atoms with van der Waals surface area (Å²) in [7, 11) is -3.81. The predicted octanol–water partition coefficient (Wildman–Crippen LogP) is 5.77. The summed E-state index contributed by atoms with van der Waals surface area (Å²) in [5, 5.41) is 12.2. The number of benzene rings is 3. The van der Waals surface area contributed by atoms with Crippen LogP contribution >= 0.6 is 0 Å². The molecule has 0 bridgehead atoms. The second kappa shape index (κ2) is 12.2. The van der Waals surface area contributed by atoms with E-state index in [2.05, 4.69) is 10.0 Å². The number of sulfonamides is 1. The molecular weight excluding hydrogens is 580 g/mol. The molecule has 234 valence electrons. The molecule has 0 aromatic heterocycles. The molecular formula is C34H40N2O7S. The van der Waals surface area contributed by atoms with Crippen molar-refractivity contribution in [3.05, 3.63) is 81.9 Å². The highest BCUT2D eigenvalue weighted by Crippen LogP contribution is 2.45. The van der Waals surface area contributed by atoms with Gasteiger partial charge in [0.2, 0.25) is 10.0 Å². The van der Waals surface area contributed by atoms with E-state index in [1.165, 1.54) is 0 Å². The van der Waals surface area contributed by atoms with E-state index in [-0.39, 0.29) is 30.4 Å². The molecule has 1 heterocycles. The van der Waals surface area contributed by atoms with Crippen LogP contribution in [-0.2, 0) is 26.0 Å². The lowest BCUT2D eigenvalue weighted by Crippen LogP contribution is -2.41. The molecule has 5 rings (SSSR count). The third-order valence-corrected chi connectivity index (χ3v) is 10.4. The van der Waals surface area contributed by atoms with E-state index in [0.29, 0.717) is 30.4 Å². The second-order valence-corrected chi connectivity index (χ2v) is 14.0. The predicted molar refractivity (Wildman–Crippen MR) is 168 cm³/mol. The van der Waals surface area contributed by atoms with Crippen LogP contribution in [0.3, 0.4) is 0 Å². The van der Waals surface area contributed by atoms with Crippen molar-refractivity contribution in [2.24, 2.45) is 0 Å². The Morgan fingerprint density at radius 3 is 2.20 bits per heavy atom. The molecule has 1 atom stereocenters. The zero-order valence-electron chi connectivity index (χ0n) is 25.8. The SMILES string of the molecule is Cc1c(C)c(S(=O)(=O)NCCCC[C@H](NC(=O)OCC2c3ccccc3-c3ccccc32)C(=O)O)c(C)c2c1OC(C)(C)C2. The van der Waals surface area contributed by atoms with E-state index in [1.54, 1.807) is 6.92 Å². The summed E-state index contributed by atoms with van der Waals surface area (Å²) in [6.07, 6.45) is 0.735. The largest absolute Gasteiger partial charge is 0.487 e. The molecule has 0 radical (unpaired) electrons. The normalized spacial score (nSPS) is 15.6. The number of fused-ring (bicyclic) bond motifs is 4. The van der Waals surface area contributed by atoms with Crippen LogP contribution in [0.25, 0.3) is 11.1 Å². The Kier molecular flexibility index (Phi) is 8.77. The Labute approximate surface area is 259 Å². The van der Waals surface area contributed by atoms with Crippen molar-refractivity contribution in [3.8, 4) is 16.9 Å². The molecule has 1 aliphatic heterocycles. The fraction of sp³-hybridized carbons (Fsp3) is 0.412. The van der Waals surface area contributed by atoms with Gasteiger partial charge in [-0.3, -0.25) is 0 Å². The van der Waals surface area contributed by atoms with Crippen molar-refractivity contribution in [2.75, 3.05) is 13.2 Å². The van der Waals surface area contributed by atoms with Crippen molar-refractivity contribution in [2.45, 2.75) is 82.8 Å². The fourth-order valence-corrected chi connectivity index (χ4v) is 8.08. The summed E-state index contributed by atoms with van der Waals surface area (Å²) in [5.41, 5.74) is 7.03. The van der Waals surface area contributed by atoms with E-state index in [0.717, 1.165) is 39.1 Å². The van der Waals surface area contributed by atoms with Crippen molar-refractivity contribution in [3.63, 3.8) is 0 Å². The van der Waals surface area contributed by atoms with E-state index in [4.69, 9.17) is 9.47 Å². The summed E-state index contributed by atoms with van der Waals surface area (Å²) < 4.78 is 41.0. The Balaban J connectivity index is 1.13. The highest BCUT2D eigenvalue weighted by atomic mass is 32.2. The molecule has 3 aromatic carbocycles. The van der Waals surface area contributed by atoms with E-state index in [1.807, 2.05) is 76.2 Å². The Morgan fingerprint density at radius 1 is 0.977 bits per heavy atom. The Hall–Kier alpha value is -3.89. The summed E-state index contributed by atoms with van der Waals surface area (Å²) in [6.45, 7) is 9.68.